The Morgan fingerprint density at radius 1 is 0.903 bits per heavy atom. The number of allylic oxidation sites excluding steroid dienone is 1. The monoisotopic (exact) mass is 421 g/mol. The van der Waals surface area contributed by atoms with E-state index in [0.717, 1.165) is 25.7 Å². The molecule has 1 unspecified atom stereocenters. The molecule has 1 atom stereocenters. The molecule has 31 heavy (non-hydrogen) atoms. The van der Waals surface area contributed by atoms with Gasteiger partial charge in [-0.15, -0.1) is 0 Å². The predicted molar refractivity (Wildman–Crippen MR) is 129 cm³/mol. The molecule has 3 heteroatoms. The Bertz CT molecular complexity index is 752. The molecule has 2 aromatic rings. The van der Waals surface area contributed by atoms with Crippen LogP contribution < -0.4 is 4.74 Å². The molecule has 0 saturated heterocycles. The second kappa shape index (κ2) is 15.4. The van der Waals surface area contributed by atoms with Crippen LogP contribution in [0.1, 0.15) is 95.1 Å². The van der Waals surface area contributed by atoms with Crippen LogP contribution in [0.15, 0.2) is 60.8 Å². The Hall–Kier alpha value is -2.42. The first kappa shape index (κ1) is 24.8. The highest BCUT2D eigenvalue weighted by Gasteiger charge is 2.09. The van der Waals surface area contributed by atoms with E-state index in [0.29, 0.717) is 5.88 Å². The summed E-state index contributed by atoms with van der Waals surface area (Å²) in [5, 5.41) is 0. The van der Waals surface area contributed by atoms with Crippen LogP contribution in [0.3, 0.4) is 0 Å². The van der Waals surface area contributed by atoms with Crippen molar-refractivity contribution in [1.29, 1.82) is 0 Å². The highest BCUT2D eigenvalue weighted by molar-refractivity contribution is 5.83. The molecule has 1 heterocycles. The van der Waals surface area contributed by atoms with E-state index in [1.165, 1.54) is 56.1 Å². The number of pyridine rings is 1. The molecule has 0 fully saturated rings. The van der Waals surface area contributed by atoms with E-state index in [4.69, 9.17) is 4.74 Å². The van der Waals surface area contributed by atoms with Crippen LogP contribution in [0.25, 0.3) is 0 Å². The average molecular weight is 422 g/mol. The van der Waals surface area contributed by atoms with Gasteiger partial charge in [-0.3, -0.25) is 0 Å². The van der Waals surface area contributed by atoms with Gasteiger partial charge < -0.3 is 4.74 Å². The van der Waals surface area contributed by atoms with Crippen LogP contribution in [-0.2, 0) is 11.2 Å². The van der Waals surface area contributed by atoms with Crippen LogP contribution in [-0.4, -0.2) is 11.0 Å². The molecule has 1 aromatic heterocycles. The zero-order valence-corrected chi connectivity index (χ0v) is 19.4. The van der Waals surface area contributed by atoms with Crippen molar-refractivity contribution in [2.75, 3.05) is 0 Å². The quantitative estimate of drug-likeness (QED) is 0.167. The first-order valence-electron chi connectivity index (χ1n) is 12.1. The molecule has 0 aliphatic rings. The number of carbonyl (C=O) groups excluding carboxylic acids is 1. The molecule has 0 amide bonds. The van der Waals surface area contributed by atoms with Crippen LogP contribution in [0, 0.1) is 0 Å². The van der Waals surface area contributed by atoms with Crippen molar-refractivity contribution in [3.63, 3.8) is 0 Å². The van der Waals surface area contributed by atoms with Crippen LogP contribution >= 0.6 is 0 Å². The fourth-order valence-corrected chi connectivity index (χ4v) is 3.74. The van der Waals surface area contributed by atoms with Gasteiger partial charge in [-0.2, -0.15) is 0 Å². The lowest BCUT2D eigenvalue weighted by atomic mass is 9.93. The smallest absolute Gasteiger partial charge is 0.337 e. The number of ether oxygens (including phenoxy) is 1. The van der Waals surface area contributed by atoms with Crippen molar-refractivity contribution in [1.82, 2.24) is 4.98 Å². The minimum atomic E-state index is -0.371. The largest absolute Gasteiger partial charge is 0.404 e. The molecule has 3 nitrogen and oxygen atoms in total. The van der Waals surface area contributed by atoms with Crippen molar-refractivity contribution in [3.8, 4) is 5.88 Å². The number of unbranched alkanes of at least 4 members (excludes halogenated alkanes) is 7. The zero-order chi connectivity index (χ0) is 22.2. The molecular formula is C28H39NO2. The molecule has 168 valence electrons. The third-order valence-corrected chi connectivity index (χ3v) is 5.63. The van der Waals surface area contributed by atoms with Gasteiger partial charge in [-0.1, -0.05) is 108 Å². The van der Waals surface area contributed by atoms with Gasteiger partial charge in [-0.25, -0.2) is 9.78 Å². The van der Waals surface area contributed by atoms with Crippen molar-refractivity contribution in [2.45, 2.75) is 90.4 Å². The number of aromatic nitrogens is 1. The molecule has 1 aromatic carbocycles. The maximum atomic E-state index is 12.3. The third-order valence-electron chi connectivity index (χ3n) is 5.63. The topological polar surface area (TPSA) is 39.2 Å². The third kappa shape index (κ3) is 10.4. The van der Waals surface area contributed by atoms with E-state index in [-0.39, 0.29) is 11.9 Å². The SMILES string of the molecule is CCCCCCCCCc1ccc(OC(=O)/C=C/C(CCCC)c2ccccc2)nc1. The first-order valence-corrected chi connectivity index (χ1v) is 12.1. The Morgan fingerprint density at radius 3 is 2.29 bits per heavy atom. The zero-order valence-electron chi connectivity index (χ0n) is 19.4. The minimum Gasteiger partial charge on any atom is -0.404 e. The number of rotatable bonds is 15. The van der Waals surface area contributed by atoms with E-state index in [2.05, 4.69) is 31.0 Å². The summed E-state index contributed by atoms with van der Waals surface area (Å²) in [4.78, 5) is 16.6. The number of carbonyl (C=O) groups is 1. The lowest BCUT2D eigenvalue weighted by Gasteiger charge is -2.12. The molecule has 0 saturated carbocycles. The van der Waals surface area contributed by atoms with E-state index >= 15 is 0 Å². The summed E-state index contributed by atoms with van der Waals surface area (Å²) in [6.07, 6.45) is 18.8. The van der Waals surface area contributed by atoms with Crippen molar-refractivity contribution >= 4 is 5.97 Å². The van der Waals surface area contributed by atoms with Gasteiger partial charge in [0.25, 0.3) is 0 Å². The second-order valence-corrected chi connectivity index (χ2v) is 8.32. The average Bonchev–Trinajstić information content (AvgIpc) is 2.80. The number of hydrogen-bond donors (Lipinski definition) is 0. The fraction of sp³-hybridized carbons (Fsp3) is 0.500. The highest BCUT2D eigenvalue weighted by atomic mass is 16.5. The van der Waals surface area contributed by atoms with E-state index < -0.39 is 0 Å². The van der Waals surface area contributed by atoms with Gasteiger partial charge in [0.2, 0.25) is 5.88 Å². The lowest BCUT2D eigenvalue weighted by molar-refractivity contribution is -0.129. The molecular weight excluding hydrogens is 382 g/mol. The van der Waals surface area contributed by atoms with Gasteiger partial charge in [0.1, 0.15) is 0 Å². The van der Waals surface area contributed by atoms with E-state index in [9.17, 15) is 4.79 Å². The molecule has 2 rings (SSSR count). The summed E-state index contributed by atoms with van der Waals surface area (Å²) >= 11 is 0. The van der Waals surface area contributed by atoms with Crippen molar-refractivity contribution < 1.29 is 9.53 Å². The van der Waals surface area contributed by atoms with Crippen molar-refractivity contribution in [3.05, 3.63) is 71.9 Å². The Kier molecular flexibility index (Phi) is 12.3. The van der Waals surface area contributed by atoms with Crippen LogP contribution in [0.4, 0.5) is 0 Å². The maximum absolute atomic E-state index is 12.3. The van der Waals surface area contributed by atoms with Crippen molar-refractivity contribution in [2.24, 2.45) is 0 Å². The summed E-state index contributed by atoms with van der Waals surface area (Å²) in [6.45, 7) is 4.43. The van der Waals surface area contributed by atoms with Gasteiger partial charge in [0.15, 0.2) is 0 Å². The summed E-state index contributed by atoms with van der Waals surface area (Å²) in [5.41, 5.74) is 2.43. The molecule has 0 bridgehead atoms. The standard InChI is InChI=1S/C28H39NO2/c1-3-5-7-8-9-10-12-15-24-19-21-27(29-23-24)31-28(30)22-20-26(16-6-4-2)25-17-13-11-14-18-25/h11,13-14,17-23,26H,3-10,12,15-16H2,1-2H3/b22-20+. The van der Waals surface area contributed by atoms with E-state index in [1.54, 1.807) is 12.1 Å². The highest BCUT2D eigenvalue weighted by Crippen LogP contribution is 2.23. The molecule has 0 aliphatic heterocycles. The molecule has 0 N–H and O–H groups in total. The number of esters is 1. The molecule has 0 spiro atoms. The number of nitrogens with zero attached hydrogens (tertiary/aromatic N) is 1. The van der Waals surface area contributed by atoms with Gasteiger partial charge in [0, 0.05) is 24.3 Å². The number of hydrogen-bond acceptors (Lipinski definition) is 3. The maximum Gasteiger partial charge on any atom is 0.337 e. The van der Waals surface area contributed by atoms with Crippen LogP contribution in [0.5, 0.6) is 5.88 Å². The van der Waals surface area contributed by atoms with Gasteiger partial charge in [-0.05, 0) is 30.4 Å². The fourth-order valence-electron chi connectivity index (χ4n) is 3.74. The van der Waals surface area contributed by atoms with Crippen LogP contribution in [0.2, 0.25) is 0 Å². The molecule has 0 radical (unpaired) electrons. The number of aryl methyl sites for hydroxylation is 1. The molecule has 0 aliphatic carbocycles. The van der Waals surface area contributed by atoms with Gasteiger partial charge >= 0.3 is 5.97 Å². The second-order valence-electron chi connectivity index (χ2n) is 8.32. The Labute approximate surface area is 188 Å². The summed E-state index contributed by atoms with van der Waals surface area (Å²) in [5.74, 6) is 0.221. The van der Waals surface area contributed by atoms with Gasteiger partial charge in [0.05, 0.1) is 0 Å². The summed E-state index contributed by atoms with van der Waals surface area (Å²) < 4.78 is 5.40. The lowest BCUT2D eigenvalue weighted by Crippen LogP contribution is -2.06. The first-order chi connectivity index (χ1) is 15.2. The normalized spacial score (nSPS) is 12.2. The minimum absolute atomic E-state index is 0.228. The Morgan fingerprint density at radius 2 is 1.61 bits per heavy atom. The predicted octanol–water partition coefficient (Wildman–Crippen LogP) is 7.81. The number of benzene rings is 1. The summed E-state index contributed by atoms with van der Waals surface area (Å²) in [7, 11) is 0. The summed E-state index contributed by atoms with van der Waals surface area (Å²) in [6, 6.07) is 14.1. The van der Waals surface area contributed by atoms with E-state index in [1.807, 2.05) is 36.5 Å². The Balaban J connectivity index is 1.77.